The molecule has 2 rings (SSSR count). The zero-order valence-corrected chi connectivity index (χ0v) is 13.0. The van der Waals surface area contributed by atoms with Gasteiger partial charge in [0.15, 0.2) is 0 Å². The summed E-state index contributed by atoms with van der Waals surface area (Å²) in [5.74, 6) is 0.499. The summed E-state index contributed by atoms with van der Waals surface area (Å²) in [4.78, 5) is 16.6. The number of amides is 1. The molecule has 0 saturated carbocycles. The molecule has 5 heteroatoms. The standard InChI is InChI=1S/C16H28N2O3/c1-2-21-13-15(19)12-17-8-10-18(11-9-17)16(20)14-6-4-3-5-7-14/h3-4,14-15,19H,2,5-13H2,1H3/t14-,15-/m1/s1. The fourth-order valence-electron chi connectivity index (χ4n) is 3.03. The van der Waals surface area contributed by atoms with E-state index in [1.807, 2.05) is 11.8 Å². The number of rotatable bonds is 6. The van der Waals surface area contributed by atoms with Crippen LogP contribution in [0.25, 0.3) is 0 Å². The van der Waals surface area contributed by atoms with Gasteiger partial charge < -0.3 is 14.7 Å². The fraction of sp³-hybridized carbons (Fsp3) is 0.812. The number of hydrogen-bond acceptors (Lipinski definition) is 4. The highest BCUT2D eigenvalue weighted by molar-refractivity contribution is 5.79. The number of aliphatic hydroxyl groups is 1. The van der Waals surface area contributed by atoms with Crippen LogP contribution in [0.15, 0.2) is 12.2 Å². The van der Waals surface area contributed by atoms with Crippen molar-refractivity contribution in [2.24, 2.45) is 5.92 Å². The van der Waals surface area contributed by atoms with E-state index in [1.165, 1.54) is 0 Å². The lowest BCUT2D eigenvalue weighted by Crippen LogP contribution is -2.52. The van der Waals surface area contributed by atoms with Gasteiger partial charge in [0.05, 0.1) is 12.7 Å². The number of nitrogens with zero attached hydrogens (tertiary/aromatic N) is 2. The first-order valence-electron chi connectivity index (χ1n) is 8.12. The van der Waals surface area contributed by atoms with Gasteiger partial charge in [0, 0.05) is 45.2 Å². The topological polar surface area (TPSA) is 53.0 Å². The van der Waals surface area contributed by atoms with Crippen LogP contribution in [0, 0.1) is 5.92 Å². The number of hydrogen-bond donors (Lipinski definition) is 1. The molecule has 0 radical (unpaired) electrons. The molecule has 2 aliphatic rings. The molecule has 0 aromatic carbocycles. The highest BCUT2D eigenvalue weighted by Crippen LogP contribution is 2.21. The molecule has 120 valence electrons. The molecule has 0 unspecified atom stereocenters. The lowest BCUT2D eigenvalue weighted by atomic mass is 9.93. The van der Waals surface area contributed by atoms with Crippen LogP contribution < -0.4 is 0 Å². The largest absolute Gasteiger partial charge is 0.389 e. The van der Waals surface area contributed by atoms with E-state index >= 15 is 0 Å². The summed E-state index contributed by atoms with van der Waals surface area (Å²) >= 11 is 0. The summed E-state index contributed by atoms with van der Waals surface area (Å²) in [6.45, 7) is 6.83. The van der Waals surface area contributed by atoms with Crippen LogP contribution in [0.4, 0.5) is 0 Å². The summed E-state index contributed by atoms with van der Waals surface area (Å²) in [5, 5.41) is 9.86. The van der Waals surface area contributed by atoms with Gasteiger partial charge in [0.25, 0.3) is 0 Å². The number of allylic oxidation sites excluding steroid dienone is 2. The molecule has 1 heterocycles. The summed E-state index contributed by atoms with van der Waals surface area (Å²) in [5.41, 5.74) is 0. The first kappa shape index (κ1) is 16.5. The Morgan fingerprint density at radius 1 is 1.33 bits per heavy atom. The summed E-state index contributed by atoms with van der Waals surface area (Å²) in [6.07, 6.45) is 6.78. The Morgan fingerprint density at radius 2 is 2.10 bits per heavy atom. The third kappa shape index (κ3) is 5.09. The number of carbonyl (C=O) groups excluding carboxylic acids is 1. The van der Waals surface area contributed by atoms with Gasteiger partial charge >= 0.3 is 0 Å². The van der Waals surface area contributed by atoms with E-state index in [-0.39, 0.29) is 5.92 Å². The normalized spacial score (nSPS) is 25.0. The van der Waals surface area contributed by atoms with E-state index in [4.69, 9.17) is 4.74 Å². The van der Waals surface area contributed by atoms with Gasteiger partial charge in [0.2, 0.25) is 5.91 Å². The highest BCUT2D eigenvalue weighted by atomic mass is 16.5. The summed E-state index contributed by atoms with van der Waals surface area (Å²) < 4.78 is 5.23. The molecule has 1 N–H and O–H groups in total. The Labute approximate surface area is 127 Å². The third-order valence-electron chi connectivity index (χ3n) is 4.29. The lowest BCUT2D eigenvalue weighted by Gasteiger charge is -2.37. The molecule has 2 atom stereocenters. The Bertz CT molecular complexity index is 351. The van der Waals surface area contributed by atoms with Gasteiger partial charge in [-0.05, 0) is 26.2 Å². The van der Waals surface area contributed by atoms with Crippen molar-refractivity contribution in [2.75, 3.05) is 45.9 Å². The molecule has 0 aromatic rings. The lowest BCUT2D eigenvalue weighted by molar-refractivity contribution is -0.137. The Balaban J connectivity index is 1.70. The molecule has 21 heavy (non-hydrogen) atoms. The average Bonchev–Trinajstić information content (AvgIpc) is 2.54. The second-order valence-electron chi connectivity index (χ2n) is 5.92. The molecule has 1 aliphatic heterocycles. The second-order valence-corrected chi connectivity index (χ2v) is 5.92. The molecule has 0 bridgehead atoms. The fourth-order valence-corrected chi connectivity index (χ4v) is 3.03. The number of β-amino-alcohol motifs (C(OH)–C–C–N with tert-alkyl or cyclic N) is 1. The highest BCUT2D eigenvalue weighted by Gasteiger charge is 2.27. The van der Waals surface area contributed by atoms with Gasteiger partial charge in [-0.15, -0.1) is 0 Å². The smallest absolute Gasteiger partial charge is 0.226 e. The van der Waals surface area contributed by atoms with Crippen LogP contribution in [0.5, 0.6) is 0 Å². The summed E-state index contributed by atoms with van der Waals surface area (Å²) in [6, 6.07) is 0. The molecular formula is C16H28N2O3. The molecule has 1 saturated heterocycles. The predicted octanol–water partition coefficient (Wildman–Crippen LogP) is 0.884. The third-order valence-corrected chi connectivity index (χ3v) is 4.29. The van der Waals surface area contributed by atoms with Crippen molar-refractivity contribution >= 4 is 5.91 Å². The van der Waals surface area contributed by atoms with Crippen LogP contribution in [-0.2, 0) is 9.53 Å². The van der Waals surface area contributed by atoms with Crippen molar-refractivity contribution in [3.63, 3.8) is 0 Å². The number of aliphatic hydroxyl groups excluding tert-OH is 1. The molecule has 1 fully saturated rings. The predicted molar refractivity (Wildman–Crippen MR) is 82.0 cm³/mol. The minimum absolute atomic E-state index is 0.185. The molecule has 1 aliphatic carbocycles. The van der Waals surface area contributed by atoms with E-state index in [1.54, 1.807) is 0 Å². The molecule has 1 amide bonds. The zero-order chi connectivity index (χ0) is 15.1. The quantitative estimate of drug-likeness (QED) is 0.740. The Morgan fingerprint density at radius 3 is 2.71 bits per heavy atom. The van der Waals surface area contributed by atoms with Crippen LogP contribution in [0.1, 0.15) is 26.2 Å². The second kappa shape index (κ2) is 8.51. The van der Waals surface area contributed by atoms with Crippen LogP contribution in [0.2, 0.25) is 0 Å². The van der Waals surface area contributed by atoms with Crippen LogP contribution in [0.3, 0.4) is 0 Å². The minimum atomic E-state index is -0.435. The summed E-state index contributed by atoms with van der Waals surface area (Å²) in [7, 11) is 0. The van der Waals surface area contributed by atoms with Crippen molar-refractivity contribution in [3.8, 4) is 0 Å². The SMILES string of the molecule is CCOC[C@H](O)CN1CCN(C(=O)[C@@H]2CC=CCC2)CC1. The monoisotopic (exact) mass is 296 g/mol. The molecule has 0 aromatic heterocycles. The van der Waals surface area contributed by atoms with Crippen molar-refractivity contribution in [1.29, 1.82) is 0 Å². The van der Waals surface area contributed by atoms with Crippen molar-refractivity contribution in [3.05, 3.63) is 12.2 Å². The molecular weight excluding hydrogens is 268 g/mol. The first-order chi connectivity index (χ1) is 10.2. The van der Waals surface area contributed by atoms with E-state index in [2.05, 4.69) is 17.1 Å². The minimum Gasteiger partial charge on any atom is -0.389 e. The van der Waals surface area contributed by atoms with Crippen molar-refractivity contribution in [1.82, 2.24) is 9.80 Å². The number of ether oxygens (including phenoxy) is 1. The Kier molecular flexibility index (Phi) is 6.67. The first-order valence-corrected chi connectivity index (χ1v) is 8.12. The van der Waals surface area contributed by atoms with Gasteiger partial charge in [-0.1, -0.05) is 12.2 Å². The number of carbonyl (C=O) groups is 1. The maximum atomic E-state index is 12.4. The van der Waals surface area contributed by atoms with Gasteiger partial charge in [-0.2, -0.15) is 0 Å². The average molecular weight is 296 g/mol. The van der Waals surface area contributed by atoms with Gasteiger partial charge in [0.1, 0.15) is 0 Å². The van der Waals surface area contributed by atoms with Crippen molar-refractivity contribution in [2.45, 2.75) is 32.3 Å². The number of piperazine rings is 1. The maximum Gasteiger partial charge on any atom is 0.226 e. The van der Waals surface area contributed by atoms with E-state index in [0.29, 0.717) is 25.7 Å². The van der Waals surface area contributed by atoms with E-state index < -0.39 is 6.10 Å². The van der Waals surface area contributed by atoms with Gasteiger partial charge in [-0.3, -0.25) is 9.69 Å². The Hall–Kier alpha value is -0.910. The van der Waals surface area contributed by atoms with Crippen LogP contribution >= 0.6 is 0 Å². The van der Waals surface area contributed by atoms with Crippen molar-refractivity contribution < 1.29 is 14.6 Å². The zero-order valence-electron chi connectivity index (χ0n) is 13.0. The molecule has 0 spiro atoms. The van der Waals surface area contributed by atoms with E-state index in [0.717, 1.165) is 45.4 Å². The molecule has 5 nitrogen and oxygen atoms in total. The maximum absolute atomic E-state index is 12.4. The van der Waals surface area contributed by atoms with E-state index in [9.17, 15) is 9.90 Å². The van der Waals surface area contributed by atoms with Crippen LogP contribution in [-0.4, -0.2) is 72.9 Å². The van der Waals surface area contributed by atoms with Gasteiger partial charge in [-0.25, -0.2) is 0 Å².